The molecular weight excluding hydrogens is 242 g/mol. The Morgan fingerprint density at radius 2 is 2.11 bits per heavy atom. The van der Waals surface area contributed by atoms with Gasteiger partial charge in [-0.3, -0.25) is 0 Å². The van der Waals surface area contributed by atoms with Crippen molar-refractivity contribution in [1.82, 2.24) is 4.98 Å². The SMILES string of the molecule is Cc1cccc(CC(CO)Cc2nc(C)cs2)c1. The Bertz CT molecular complexity index is 507. The van der Waals surface area contributed by atoms with E-state index in [2.05, 4.69) is 41.6 Å². The minimum absolute atomic E-state index is 0.215. The van der Waals surface area contributed by atoms with Gasteiger partial charge in [-0.1, -0.05) is 29.8 Å². The van der Waals surface area contributed by atoms with Gasteiger partial charge in [-0.25, -0.2) is 4.98 Å². The zero-order valence-corrected chi connectivity index (χ0v) is 11.7. The average molecular weight is 261 g/mol. The second kappa shape index (κ2) is 6.12. The van der Waals surface area contributed by atoms with E-state index >= 15 is 0 Å². The highest BCUT2D eigenvalue weighted by atomic mass is 32.1. The highest BCUT2D eigenvalue weighted by Gasteiger charge is 2.12. The van der Waals surface area contributed by atoms with Crippen molar-refractivity contribution in [3.8, 4) is 0 Å². The smallest absolute Gasteiger partial charge is 0.0931 e. The summed E-state index contributed by atoms with van der Waals surface area (Å²) in [5, 5.41) is 12.7. The summed E-state index contributed by atoms with van der Waals surface area (Å²) < 4.78 is 0. The van der Waals surface area contributed by atoms with Crippen LogP contribution in [0.15, 0.2) is 29.6 Å². The first-order valence-electron chi connectivity index (χ1n) is 6.25. The Balaban J connectivity index is 2.01. The Hall–Kier alpha value is -1.19. The molecule has 2 nitrogen and oxygen atoms in total. The molecule has 0 aliphatic carbocycles. The van der Waals surface area contributed by atoms with Crippen LogP contribution in [-0.4, -0.2) is 16.7 Å². The van der Waals surface area contributed by atoms with Crippen LogP contribution in [0.3, 0.4) is 0 Å². The summed E-state index contributed by atoms with van der Waals surface area (Å²) in [5.41, 5.74) is 3.64. The number of nitrogens with zero attached hydrogens (tertiary/aromatic N) is 1. The number of rotatable bonds is 5. The maximum atomic E-state index is 9.50. The van der Waals surface area contributed by atoms with Gasteiger partial charge in [-0.05, 0) is 31.7 Å². The molecule has 0 spiro atoms. The van der Waals surface area contributed by atoms with E-state index in [-0.39, 0.29) is 12.5 Å². The van der Waals surface area contributed by atoms with E-state index < -0.39 is 0 Å². The summed E-state index contributed by atoms with van der Waals surface area (Å²) in [7, 11) is 0. The van der Waals surface area contributed by atoms with Crippen LogP contribution in [0.5, 0.6) is 0 Å². The van der Waals surface area contributed by atoms with Crippen LogP contribution in [0.2, 0.25) is 0 Å². The predicted octanol–water partition coefficient (Wildman–Crippen LogP) is 3.15. The number of hydrogen-bond donors (Lipinski definition) is 1. The third-order valence-corrected chi connectivity index (χ3v) is 3.98. The molecule has 0 saturated heterocycles. The molecular formula is C15H19NOS. The third kappa shape index (κ3) is 3.65. The van der Waals surface area contributed by atoms with Gasteiger partial charge >= 0.3 is 0 Å². The van der Waals surface area contributed by atoms with Crippen molar-refractivity contribution in [3.63, 3.8) is 0 Å². The molecule has 1 aromatic carbocycles. The van der Waals surface area contributed by atoms with Crippen molar-refractivity contribution in [3.05, 3.63) is 51.5 Å². The van der Waals surface area contributed by atoms with Crippen molar-refractivity contribution in [2.45, 2.75) is 26.7 Å². The maximum absolute atomic E-state index is 9.50. The number of thiazole rings is 1. The molecule has 1 atom stereocenters. The van der Waals surface area contributed by atoms with Gasteiger partial charge in [0.25, 0.3) is 0 Å². The van der Waals surface area contributed by atoms with E-state index in [4.69, 9.17) is 0 Å². The lowest BCUT2D eigenvalue weighted by molar-refractivity contribution is 0.225. The molecule has 0 radical (unpaired) electrons. The van der Waals surface area contributed by atoms with E-state index in [1.54, 1.807) is 11.3 Å². The van der Waals surface area contributed by atoms with Gasteiger partial charge in [0.15, 0.2) is 0 Å². The Labute approximate surface area is 112 Å². The molecule has 0 fully saturated rings. The van der Waals surface area contributed by atoms with E-state index in [0.717, 1.165) is 23.5 Å². The van der Waals surface area contributed by atoms with Crippen molar-refractivity contribution in [2.24, 2.45) is 5.92 Å². The first-order valence-corrected chi connectivity index (χ1v) is 7.12. The van der Waals surface area contributed by atoms with Crippen molar-refractivity contribution in [1.29, 1.82) is 0 Å². The topological polar surface area (TPSA) is 33.1 Å². The molecule has 0 aliphatic rings. The molecule has 96 valence electrons. The van der Waals surface area contributed by atoms with Crippen LogP contribution in [0.1, 0.15) is 21.8 Å². The first kappa shape index (κ1) is 13.2. The van der Waals surface area contributed by atoms with Gasteiger partial charge < -0.3 is 5.11 Å². The average Bonchev–Trinajstić information content (AvgIpc) is 2.74. The molecule has 0 aliphatic heterocycles. The summed E-state index contributed by atoms with van der Waals surface area (Å²) in [6.07, 6.45) is 1.78. The molecule has 2 rings (SSSR count). The normalized spacial score (nSPS) is 12.6. The predicted molar refractivity (Wildman–Crippen MR) is 76.0 cm³/mol. The van der Waals surface area contributed by atoms with Crippen molar-refractivity contribution in [2.75, 3.05) is 6.61 Å². The molecule has 3 heteroatoms. The Kier molecular flexibility index (Phi) is 4.50. The third-order valence-electron chi connectivity index (χ3n) is 2.99. The number of hydrogen-bond acceptors (Lipinski definition) is 3. The highest BCUT2D eigenvalue weighted by Crippen LogP contribution is 2.18. The molecule has 0 amide bonds. The molecule has 18 heavy (non-hydrogen) atoms. The zero-order valence-electron chi connectivity index (χ0n) is 10.9. The van der Waals surface area contributed by atoms with Crippen LogP contribution in [0.25, 0.3) is 0 Å². The molecule has 2 aromatic rings. The van der Waals surface area contributed by atoms with Crippen LogP contribution < -0.4 is 0 Å². The fourth-order valence-corrected chi connectivity index (χ4v) is 3.01. The largest absolute Gasteiger partial charge is 0.396 e. The van der Waals surface area contributed by atoms with E-state index in [0.29, 0.717) is 0 Å². The standard InChI is InChI=1S/C15H19NOS/c1-11-4-3-5-13(6-11)7-14(9-17)8-15-16-12(2)10-18-15/h3-6,10,14,17H,7-9H2,1-2H3. The summed E-state index contributed by atoms with van der Waals surface area (Å²) in [5.74, 6) is 0.261. The van der Waals surface area contributed by atoms with Gasteiger partial charge in [-0.15, -0.1) is 11.3 Å². The van der Waals surface area contributed by atoms with Crippen LogP contribution >= 0.6 is 11.3 Å². The van der Waals surface area contributed by atoms with Crippen molar-refractivity contribution >= 4 is 11.3 Å². The second-order valence-corrected chi connectivity index (χ2v) is 5.77. The minimum Gasteiger partial charge on any atom is -0.396 e. The number of aliphatic hydroxyl groups is 1. The molecule has 0 bridgehead atoms. The summed E-state index contributed by atoms with van der Waals surface area (Å²) >= 11 is 1.68. The van der Waals surface area contributed by atoms with Gasteiger partial charge in [0.2, 0.25) is 0 Å². The molecule has 1 N–H and O–H groups in total. The first-order chi connectivity index (χ1) is 8.67. The second-order valence-electron chi connectivity index (χ2n) is 4.83. The lowest BCUT2D eigenvalue weighted by Crippen LogP contribution is -2.13. The monoisotopic (exact) mass is 261 g/mol. The highest BCUT2D eigenvalue weighted by molar-refractivity contribution is 7.09. The number of aromatic nitrogens is 1. The van der Waals surface area contributed by atoms with Crippen molar-refractivity contribution < 1.29 is 5.11 Å². The van der Waals surface area contributed by atoms with Gasteiger partial charge in [-0.2, -0.15) is 0 Å². The molecule has 1 aromatic heterocycles. The van der Waals surface area contributed by atoms with E-state index in [1.165, 1.54) is 11.1 Å². The van der Waals surface area contributed by atoms with Gasteiger partial charge in [0, 0.05) is 24.1 Å². The fraction of sp³-hybridized carbons (Fsp3) is 0.400. The fourth-order valence-electron chi connectivity index (χ4n) is 2.12. The Morgan fingerprint density at radius 1 is 1.28 bits per heavy atom. The summed E-state index contributed by atoms with van der Waals surface area (Å²) in [6, 6.07) is 8.49. The lowest BCUT2D eigenvalue weighted by Gasteiger charge is -2.13. The van der Waals surface area contributed by atoms with Gasteiger partial charge in [0.05, 0.1) is 5.01 Å². The molecule has 1 unspecified atom stereocenters. The van der Waals surface area contributed by atoms with Gasteiger partial charge in [0.1, 0.15) is 0 Å². The van der Waals surface area contributed by atoms with Crippen LogP contribution in [-0.2, 0) is 12.8 Å². The quantitative estimate of drug-likeness (QED) is 0.897. The van der Waals surface area contributed by atoms with E-state index in [9.17, 15) is 5.11 Å². The number of aryl methyl sites for hydroxylation is 2. The molecule has 1 heterocycles. The van der Waals surface area contributed by atoms with Crippen LogP contribution in [0.4, 0.5) is 0 Å². The maximum Gasteiger partial charge on any atom is 0.0931 e. The molecule has 0 saturated carbocycles. The zero-order chi connectivity index (χ0) is 13.0. The number of aliphatic hydroxyl groups excluding tert-OH is 1. The van der Waals surface area contributed by atoms with Crippen LogP contribution in [0, 0.1) is 19.8 Å². The Morgan fingerprint density at radius 3 is 2.72 bits per heavy atom. The number of benzene rings is 1. The lowest BCUT2D eigenvalue weighted by atomic mass is 9.96. The summed E-state index contributed by atoms with van der Waals surface area (Å²) in [6.45, 7) is 4.32. The minimum atomic E-state index is 0.215. The van der Waals surface area contributed by atoms with E-state index in [1.807, 2.05) is 6.92 Å². The summed E-state index contributed by atoms with van der Waals surface area (Å²) in [4.78, 5) is 4.47.